The van der Waals surface area contributed by atoms with E-state index in [9.17, 15) is 0 Å². The molecule has 0 atom stereocenters. The van der Waals surface area contributed by atoms with Crippen LogP contribution in [0.5, 0.6) is 0 Å². The molecule has 8 heavy (non-hydrogen) atoms. The molecule has 0 N–H and O–H groups in total. The molecule has 6 radical (unpaired) electrons. The second kappa shape index (κ2) is 22.6. The molecule has 0 aromatic rings. The van der Waals surface area contributed by atoms with Crippen molar-refractivity contribution in [3.63, 3.8) is 0 Å². The summed E-state index contributed by atoms with van der Waals surface area (Å²) in [7, 11) is 0. The summed E-state index contributed by atoms with van der Waals surface area (Å²) in [6.45, 7) is 0. The summed E-state index contributed by atoms with van der Waals surface area (Å²) in [5.74, 6) is 0. The van der Waals surface area contributed by atoms with E-state index in [0.29, 0.717) is 0 Å². The maximum Gasteiger partial charge on any atom is 1.00 e. The van der Waals surface area contributed by atoms with E-state index in [4.69, 9.17) is 15.0 Å². The van der Waals surface area contributed by atoms with Crippen LogP contribution in [0.4, 0.5) is 4.79 Å². The number of carbonyl (C=O) groups is 1. The van der Waals surface area contributed by atoms with Crippen LogP contribution in [-0.4, -0.2) is 23.0 Å². The molecule has 0 spiro atoms. The Balaban J connectivity index is -0.00000000750. The largest absolute Gasteiger partial charge is 1.00 e. The van der Waals surface area contributed by atoms with Gasteiger partial charge in [0.15, 0.2) is 0 Å². The standard InChI is InChI=1S/CH2O3.2B.2K/c2-1(3)4;;;;/h(H2,2,3,4);;;;/q;;;2*+1/p-2. The van der Waals surface area contributed by atoms with Gasteiger partial charge in [0.2, 0.25) is 0 Å². The second-order valence-corrected chi connectivity index (χ2v) is 0.250. The van der Waals surface area contributed by atoms with Crippen LogP contribution in [-0.2, 0) is 0 Å². The van der Waals surface area contributed by atoms with E-state index >= 15 is 0 Å². The third-order valence-electron chi connectivity index (χ3n) is 0. The van der Waals surface area contributed by atoms with Crippen LogP contribution in [0.2, 0.25) is 0 Å². The van der Waals surface area contributed by atoms with Crippen LogP contribution in [0.3, 0.4) is 0 Å². The van der Waals surface area contributed by atoms with E-state index in [-0.39, 0.29) is 120 Å². The van der Waals surface area contributed by atoms with Crippen LogP contribution >= 0.6 is 0 Å². The first kappa shape index (κ1) is 31.0. The summed E-state index contributed by atoms with van der Waals surface area (Å²) in [6, 6.07) is 0. The van der Waals surface area contributed by atoms with Gasteiger partial charge in [0.1, 0.15) is 0 Å². The van der Waals surface area contributed by atoms with E-state index in [1.165, 1.54) is 0 Å². The van der Waals surface area contributed by atoms with Gasteiger partial charge >= 0.3 is 103 Å². The molecule has 0 amide bonds. The Morgan fingerprint density at radius 2 is 1.00 bits per heavy atom. The Bertz CT molecular complexity index is 38.3. The molecule has 0 fully saturated rings. The van der Waals surface area contributed by atoms with Crippen molar-refractivity contribution in [2.45, 2.75) is 0 Å². The minimum Gasteiger partial charge on any atom is -0.652 e. The van der Waals surface area contributed by atoms with Gasteiger partial charge in [-0.15, -0.1) is 0 Å². The molecule has 3 nitrogen and oxygen atoms in total. The van der Waals surface area contributed by atoms with Gasteiger partial charge in [-0.2, -0.15) is 0 Å². The molecule has 0 unspecified atom stereocenters. The van der Waals surface area contributed by atoms with Crippen molar-refractivity contribution in [2.24, 2.45) is 0 Å². The Morgan fingerprint density at radius 3 is 1.00 bits per heavy atom. The predicted octanol–water partition coefficient (Wildman–Crippen LogP) is -9.20. The smallest absolute Gasteiger partial charge is 0.652 e. The van der Waals surface area contributed by atoms with Gasteiger partial charge in [0.25, 0.3) is 0 Å². The van der Waals surface area contributed by atoms with Crippen LogP contribution in [0.1, 0.15) is 0 Å². The van der Waals surface area contributed by atoms with E-state index in [1.54, 1.807) is 0 Å². The quantitative estimate of drug-likeness (QED) is 0.330. The van der Waals surface area contributed by atoms with Crippen LogP contribution in [0, 0.1) is 0 Å². The number of carbonyl (C=O) groups excluding carboxylic acids is 1. The zero-order valence-electron chi connectivity index (χ0n) is 4.88. The zero-order chi connectivity index (χ0) is 3.58. The molecule has 30 valence electrons. The summed E-state index contributed by atoms with van der Waals surface area (Å²) in [4.78, 5) is 8.33. The van der Waals surface area contributed by atoms with Gasteiger partial charge in [0.05, 0.1) is 0 Å². The van der Waals surface area contributed by atoms with Crippen molar-refractivity contribution in [3.05, 3.63) is 0 Å². The fourth-order valence-electron chi connectivity index (χ4n) is 0. The Hall–Kier alpha value is 2.67. The number of hydrogen-bond donors (Lipinski definition) is 0. The summed E-state index contributed by atoms with van der Waals surface area (Å²) >= 11 is 0. The number of rotatable bonds is 0. The van der Waals surface area contributed by atoms with Crippen molar-refractivity contribution >= 4 is 23.0 Å². The summed E-state index contributed by atoms with van der Waals surface area (Å²) in [6.07, 6.45) is -2.33. The minimum absolute atomic E-state index is 0. The number of carboxylic acid groups (broad SMARTS) is 2. The van der Waals surface area contributed by atoms with Gasteiger partial charge < -0.3 is 15.0 Å². The molecule has 0 rings (SSSR count). The SMILES string of the molecule is O=C([O-])[O-].[B].[B].[K+].[K+]. The molecule has 0 heterocycles. The molecule has 0 aliphatic carbocycles. The molecule has 0 aliphatic heterocycles. The van der Waals surface area contributed by atoms with Gasteiger partial charge in [0, 0.05) is 16.8 Å². The van der Waals surface area contributed by atoms with Crippen molar-refractivity contribution in [1.29, 1.82) is 0 Å². The van der Waals surface area contributed by atoms with Crippen LogP contribution in [0.15, 0.2) is 0 Å². The molecule has 0 aliphatic rings. The molecule has 0 aromatic carbocycles. The molecule has 0 saturated heterocycles. The molecule has 0 saturated carbocycles. The van der Waals surface area contributed by atoms with Gasteiger partial charge in [-0.3, -0.25) is 0 Å². The fraction of sp³-hybridized carbons (Fsp3) is 0. The summed E-state index contributed by atoms with van der Waals surface area (Å²) < 4.78 is 0. The van der Waals surface area contributed by atoms with Crippen molar-refractivity contribution in [3.8, 4) is 0 Å². The first-order chi connectivity index (χ1) is 1.73. The van der Waals surface area contributed by atoms with E-state index in [2.05, 4.69) is 0 Å². The fourth-order valence-corrected chi connectivity index (χ4v) is 0. The predicted molar refractivity (Wildman–Crippen MR) is 16.9 cm³/mol. The Morgan fingerprint density at radius 1 is 1.00 bits per heavy atom. The van der Waals surface area contributed by atoms with E-state index in [0.717, 1.165) is 0 Å². The maximum atomic E-state index is 8.33. The summed E-state index contributed by atoms with van der Waals surface area (Å²) in [5.41, 5.74) is 0. The monoisotopic (exact) mass is 160 g/mol. The topological polar surface area (TPSA) is 63.2 Å². The summed E-state index contributed by atoms with van der Waals surface area (Å²) in [5, 5.41) is 16.7. The van der Waals surface area contributed by atoms with Crippen molar-refractivity contribution in [2.75, 3.05) is 0 Å². The van der Waals surface area contributed by atoms with Crippen LogP contribution in [0.25, 0.3) is 0 Å². The van der Waals surface area contributed by atoms with Crippen molar-refractivity contribution in [1.82, 2.24) is 0 Å². The molecule has 0 bridgehead atoms. The minimum atomic E-state index is -2.33. The molecular weight excluding hydrogens is 160 g/mol. The first-order valence-electron chi connectivity index (χ1n) is 0.612. The normalized spacial score (nSPS) is 3.00. The second-order valence-electron chi connectivity index (χ2n) is 0.250. The van der Waals surface area contributed by atoms with Gasteiger partial charge in [-0.05, 0) is 6.16 Å². The zero-order valence-corrected chi connectivity index (χ0v) is 11.1. The molecule has 7 heteroatoms. The van der Waals surface area contributed by atoms with Gasteiger partial charge in [-0.1, -0.05) is 0 Å². The average molecular weight is 160 g/mol. The number of hydrogen-bond acceptors (Lipinski definition) is 3. The maximum absolute atomic E-state index is 8.33. The molecule has 0 aromatic heterocycles. The Labute approximate surface area is 137 Å². The third-order valence-corrected chi connectivity index (χ3v) is 0. The van der Waals surface area contributed by atoms with E-state index in [1.807, 2.05) is 0 Å². The van der Waals surface area contributed by atoms with Gasteiger partial charge in [-0.25, -0.2) is 0 Å². The van der Waals surface area contributed by atoms with E-state index < -0.39 is 6.16 Å². The van der Waals surface area contributed by atoms with Crippen molar-refractivity contribution < 1.29 is 118 Å². The Kier molecular flexibility index (Phi) is 87.7. The molecular formula is CB2K2O3. The first-order valence-corrected chi connectivity index (χ1v) is 0.612. The average Bonchev–Trinajstić information content (AvgIpc) is 0.811. The third kappa shape index (κ3) is 71.5. The van der Waals surface area contributed by atoms with Crippen LogP contribution < -0.4 is 113 Å².